The first-order valence-corrected chi connectivity index (χ1v) is 12.1. The van der Waals surface area contributed by atoms with Crippen LogP contribution in [-0.2, 0) is 12.0 Å². The molecular formula is C27H29ClN2O3. The second-order valence-electron chi connectivity index (χ2n) is 8.89. The van der Waals surface area contributed by atoms with Crippen molar-refractivity contribution in [2.45, 2.75) is 44.6 Å². The fraction of sp³-hybridized carbons (Fsp3) is 0.370. The van der Waals surface area contributed by atoms with Gasteiger partial charge in [0.05, 0.1) is 18.5 Å². The molecule has 33 heavy (non-hydrogen) atoms. The summed E-state index contributed by atoms with van der Waals surface area (Å²) in [5.41, 5.74) is 3.50. The lowest BCUT2D eigenvalue weighted by atomic mass is 9.86. The number of likely N-dealkylation sites (tertiary alicyclic amines) is 1. The second-order valence-corrected chi connectivity index (χ2v) is 9.33. The van der Waals surface area contributed by atoms with Gasteiger partial charge in [0.15, 0.2) is 5.60 Å². The minimum atomic E-state index is -0.459. The van der Waals surface area contributed by atoms with E-state index in [1.807, 2.05) is 47.4 Å². The molecule has 2 aliphatic heterocycles. The molecule has 1 amide bonds. The van der Waals surface area contributed by atoms with Crippen LogP contribution in [0.1, 0.15) is 54.2 Å². The molecule has 0 aliphatic carbocycles. The largest absolute Gasteiger partial charge is 0.496 e. The van der Waals surface area contributed by atoms with E-state index in [0.717, 1.165) is 60.5 Å². The highest BCUT2D eigenvalue weighted by molar-refractivity contribution is 6.30. The molecule has 0 radical (unpaired) electrons. The summed E-state index contributed by atoms with van der Waals surface area (Å²) < 4.78 is 14.4. The Morgan fingerprint density at radius 3 is 2.73 bits per heavy atom. The molecule has 2 aliphatic rings. The number of hydrogen-bond acceptors (Lipinski definition) is 3. The summed E-state index contributed by atoms with van der Waals surface area (Å²) in [4.78, 5) is 15.2. The summed E-state index contributed by atoms with van der Waals surface area (Å²) in [5, 5.41) is 0.656. The van der Waals surface area contributed by atoms with Gasteiger partial charge in [-0.05, 0) is 54.8 Å². The van der Waals surface area contributed by atoms with Crippen molar-refractivity contribution in [1.29, 1.82) is 0 Å². The zero-order chi connectivity index (χ0) is 23.0. The quantitative estimate of drug-likeness (QED) is 0.464. The topological polar surface area (TPSA) is 43.7 Å². The lowest BCUT2D eigenvalue weighted by molar-refractivity contribution is -0.00930. The van der Waals surface area contributed by atoms with Crippen molar-refractivity contribution < 1.29 is 14.3 Å². The highest BCUT2D eigenvalue weighted by atomic mass is 35.5. The number of aromatic nitrogens is 1. The number of carbonyl (C=O) groups excluding carboxylic acids is 1. The van der Waals surface area contributed by atoms with Crippen molar-refractivity contribution in [3.8, 4) is 17.2 Å². The molecule has 3 heterocycles. The first kappa shape index (κ1) is 21.9. The van der Waals surface area contributed by atoms with Crippen LogP contribution >= 0.6 is 11.6 Å². The molecule has 1 fully saturated rings. The maximum absolute atomic E-state index is 13.3. The number of amides is 1. The number of hydrogen-bond donors (Lipinski definition) is 0. The predicted octanol–water partition coefficient (Wildman–Crippen LogP) is 6.01. The van der Waals surface area contributed by atoms with Crippen LogP contribution in [0.15, 0.2) is 54.7 Å². The number of unbranched alkanes of at least 4 members (excludes halogenated alkanes) is 1. The summed E-state index contributed by atoms with van der Waals surface area (Å²) in [7, 11) is 1.67. The van der Waals surface area contributed by atoms with Crippen molar-refractivity contribution in [1.82, 2.24) is 9.47 Å². The minimum absolute atomic E-state index is 0.0415. The molecule has 2 aromatic carbocycles. The van der Waals surface area contributed by atoms with Crippen LogP contribution in [0.3, 0.4) is 0 Å². The van der Waals surface area contributed by atoms with Gasteiger partial charge in [0.1, 0.15) is 11.5 Å². The minimum Gasteiger partial charge on any atom is -0.496 e. The standard InChI is InChI=1S/C27H29ClN2O3/c1-3-4-6-19-8-9-20(17-23(19)32-2)26(31)29-15-12-27(13-16-29)25-7-5-14-30(25)22-11-10-21(28)18-24(22)33-27/h5,7-11,14,17-18H,3-4,6,12-13,15-16H2,1-2H3. The molecule has 6 heteroatoms. The van der Waals surface area contributed by atoms with Crippen LogP contribution in [0, 0.1) is 0 Å². The van der Waals surface area contributed by atoms with Gasteiger partial charge >= 0.3 is 0 Å². The summed E-state index contributed by atoms with van der Waals surface area (Å²) in [6, 6.07) is 15.8. The predicted molar refractivity (Wildman–Crippen MR) is 130 cm³/mol. The number of benzene rings is 2. The lowest BCUT2D eigenvalue weighted by Gasteiger charge is -2.45. The number of piperidine rings is 1. The fourth-order valence-electron chi connectivity index (χ4n) is 5.06. The highest BCUT2D eigenvalue weighted by Gasteiger charge is 2.44. The number of fused-ring (bicyclic) bond motifs is 4. The van der Waals surface area contributed by atoms with E-state index in [-0.39, 0.29) is 5.91 Å². The number of methoxy groups -OCH3 is 1. The highest BCUT2D eigenvalue weighted by Crippen LogP contribution is 2.45. The van der Waals surface area contributed by atoms with Gasteiger partial charge in [0.25, 0.3) is 5.91 Å². The maximum atomic E-state index is 13.3. The Morgan fingerprint density at radius 2 is 1.97 bits per heavy atom. The number of rotatable bonds is 5. The van der Waals surface area contributed by atoms with E-state index < -0.39 is 5.60 Å². The van der Waals surface area contributed by atoms with Crippen molar-refractivity contribution in [3.63, 3.8) is 0 Å². The van der Waals surface area contributed by atoms with E-state index in [1.54, 1.807) is 7.11 Å². The van der Waals surface area contributed by atoms with Crippen molar-refractivity contribution >= 4 is 17.5 Å². The number of halogens is 1. The first-order chi connectivity index (χ1) is 16.0. The Hall–Kier alpha value is -2.92. The van der Waals surface area contributed by atoms with Crippen LogP contribution in [0.25, 0.3) is 5.69 Å². The third-order valence-corrected chi connectivity index (χ3v) is 7.13. The van der Waals surface area contributed by atoms with Crippen LogP contribution < -0.4 is 9.47 Å². The number of aryl methyl sites for hydroxylation is 1. The van der Waals surface area contributed by atoms with Crippen LogP contribution in [0.2, 0.25) is 5.02 Å². The van der Waals surface area contributed by atoms with Gasteiger partial charge in [0, 0.05) is 48.8 Å². The Morgan fingerprint density at radius 1 is 1.15 bits per heavy atom. The molecule has 0 atom stereocenters. The van der Waals surface area contributed by atoms with E-state index in [1.165, 1.54) is 0 Å². The van der Waals surface area contributed by atoms with Gasteiger partial charge in [-0.25, -0.2) is 0 Å². The zero-order valence-corrected chi connectivity index (χ0v) is 19.9. The lowest BCUT2D eigenvalue weighted by Crippen LogP contribution is -2.50. The zero-order valence-electron chi connectivity index (χ0n) is 19.1. The number of nitrogens with zero attached hydrogens (tertiary/aromatic N) is 2. The van der Waals surface area contributed by atoms with E-state index in [0.29, 0.717) is 23.7 Å². The van der Waals surface area contributed by atoms with Crippen LogP contribution in [-0.4, -0.2) is 35.6 Å². The summed E-state index contributed by atoms with van der Waals surface area (Å²) >= 11 is 6.25. The molecule has 0 unspecified atom stereocenters. The monoisotopic (exact) mass is 464 g/mol. The summed E-state index contributed by atoms with van der Waals surface area (Å²) in [6.07, 6.45) is 6.70. The van der Waals surface area contributed by atoms with Crippen molar-refractivity contribution in [2.75, 3.05) is 20.2 Å². The molecule has 5 rings (SSSR count). The summed E-state index contributed by atoms with van der Waals surface area (Å²) in [6.45, 7) is 3.42. The molecule has 0 N–H and O–H groups in total. The van der Waals surface area contributed by atoms with Gasteiger partial charge in [-0.1, -0.05) is 31.0 Å². The van der Waals surface area contributed by atoms with Gasteiger partial charge < -0.3 is 18.9 Å². The second kappa shape index (κ2) is 8.79. The maximum Gasteiger partial charge on any atom is 0.253 e. The first-order valence-electron chi connectivity index (χ1n) is 11.7. The molecule has 0 saturated carbocycles. The molecule has 172 valence electrons. The molecule has 1 spiro atoms. The molecule has 5 nitrogen and oxygen atoms in total. The molecule has 1 saturated heterocycles. The fourth-order valence-corrected chi connectivity index (χ4v) is 5.22. The summed E-state index contributed by atoms with van der Waals surface area (Å²) in [5.74, 6) is 1.63. The Labute approximate surface area is 199 Å². The Kier molecular flexibility index (Phi) is 5.83. The van der Waals surface area contributed by atoms with Gasteiger partial charge in [-0.2, -0.15) is 0 Å². The normalized spacial score (nSPS) is 16.2. The van der Waals surface area contributed by atoms with E-state index in [9.17, 15) is 4.79 Å². The Balaban J connectivity index is 1.35. The van der Waals surface area contributed by atoms with Gasteiger partial charge in [-0.3, -0.25) is 4.79 Å². The molecule has 1 aromatic heterocycles. The van der Waals surface area contributed by atoms with Gasteiger partial charge in [-0.15, -0.1) is 0 Å². The SMILES string of the molecule is CCCCc1ccc(C(=O)N2CCC3(CC2)Oc2cc(Cl)ccc2-n2cccc23)cc1OC. The van der Waals surface area contributed by atoms with Crippen molar-refractivity contribution in [3.05, 3.63) is 76.6 Å². The van der Waals surface area contributed by atoms with E-state index >= 15 is 0 Å². The molecule has 0 bridgehead atoms. The van der Waals surface area contributed by atoms with Gasteiger partial charge in [0.2, 0.25) is 0 Å². The Bertz CT molecular complexity index is 1180. The number of ether oxygens (including phenoxy) is 2. The van der Waals surface area contributed by atoms with E-state index in [2.05, 4.69) is 23.8 Å². The number of carbonyl (C=O) groups is 1. The average Bonchev–Trinajstić information content (AvgIpc) is 3.34. The third kappa shape index (κ3) is 3.89. The van der Waals surface area contributed by atoms with Crippen LogP contribution in [0.5, 0.6) is 11.5 Å². The molecule has 3 aromatic rings. The van der Waals surface area contributed by atoms with E-state index in [4.69, 9.17) is 21.1 Å². The van der Waals surface area contributed by atoms with Crippen molar-refractivity contribution in [2.24, 2.45) is 0 Å². The third-order valence-electron chi connectivity index (χ3n) is 6.89. The smallest absolute Gasteiger partial charge is 0.253 e. The molecular weight excluding hydrogens is 436 g/mol. The van der Waals surface area contributed by atoms with Crippen LogP contribution in [0.4, 0.5) is 0 Å². The average molecular weight is 465 g/mol.